The first kappa shape index (κ1) is 18.4. The summed E-state index contributed by atoms with van der Waals surface area (Å²) in [4.78, 5) is 44.1. The van der Waals surface area contributed by atoms with Gasteiger partial charge < -0.3 is 14.7 Å². The van der Waals surface area contributed by atoms with Crippen molar-refractivity contribution in [3.63, 3.8) is 0 Å². The minimum Gasteiger partial charge on any atom is -0.347 e. The molecule has 9 nitrogen and oxygen atoms in total. The van der Waals surface area contributed by atoms with Crippen molar-refractivity contribution in [2.75, 3.05) is 33.7 Å². The van der Waals surface area contributed by atoms with E-state index in [1.807, 2.05) is 24.3 Å². The summed E-state index contributed by atoms with van der Waals surface area (Å²) >= 11 is 0. The second kappa shape index (κ2) is 7.21. The monoisotopic (exact) mass is 384 g/mol. The van der Waals surface area contributed by atoms with Crippen molar-refractivity contribution in [3.05, 3.63) is 24.3 Å². The highest BCUT2D eigenvalue weighted by atomic mass is 16.2. The molecule has 148 valence electrons. The van der Waals surface area contributed by atoms with Gasteiger partial charge in [-0.1, -0.05) is 12.1 Å². The quantitative estimate of drug-likeness (QED) is 0.738. The average Bonchev–Trinajstić information content (AvgIpc) is 2.87. The molecule has 0 radical (unpaired) electrons. The van der Waals surface area contributed by atoms with Gasteiger partial charge in [-0.05, 0) is 25.0 Å². The molecule has 0 saturated carbocycles. The van der Waals surface area contributed by atoms with Crippen LogP contribution in [0, 0.1) is 5.92 Å². The van der Waals surface area contributed by atoms with E-state index >= 15 is 0 Å². The third kappa shape index (κ3) is 3.44. The lowest BCUT2D eigenvalue weighted by molar-refractivity contribution is -0.145. The molecule has 1 aromatic heterocycles. The van der Waals surface area contributed by atoms with Gasteiger partial charge in [0.15, 0.2) is 0 Å². The minimum absolute atomic E-state index is 0.0234. The Labute approximate surface area is 162 Å². The molecule has 28 heavy (non-hydrogen) atoms. The largest absolute Gasteiger partial charge is 0.347 e. The second-order valence-corrected chi connectivity index (χ2v) is 7.70. The fraction of sp³-hybridized carbons (Fsp3) is 0.526. The molecule has 3 saturated heterocycles. The predicted molar refractivity (Wildman–Crippen MR) is 101 cm³/mol. The van der Waals surface area contributed by atoms with Crippen LogP contribution in [0.15, 0.2) is 24.3 Å². The number of fused-ring (bicyclic) bond motifs is 5. The van der Waals surface area contributed by atoms with E-state index in [4.69, 9.17) is 0 Å². The van der Waals surface area contributed by atoms with Crippen LogP contribution in [-0.4, -0.2) is 87.2 Å². The van der Waals surface area contributed by atoms with Crippen LogP contribution in [-0.2, 0) is 20.9 Å². The highest BCUT2D eigenvalue weighted by molar-refractivity contribution is 5.88. The van der Waals surface area contributed by atoms with Gasteiger partial charge in [0.05, 0.1) is 5.92 Å². The van der Waals surface area contributed by atoms with Crippen LogP contribution in [0.4, 0.5) is 0 Å². The molecule has 9 heteroatoms. The first-order chi connectivity index (χ1) is 13.4. The molecule has 4 heterocycles. The van der Waals surface area contributed by atoms with E-state index in [2.05, 4.69) is 10.2 Å². The maximum atomic E-state index is 12.9. The third-order valence-corrected chi connectivity index (χ3v) is 5.56. The van der Waals surface area contributed by atoms with Gasteiger partial charge in [-0.2, -0.15) is 15.0 Å². The summed E-state index contributed by atoms with van der Waals surface area (Å²) < 4.78 is 0. The van der Waals surface area contributed by atoms with Crippen molar-refractivity contribution in [1.82, 2.24) is 29.7 Å². The van der Waals surface area contributed by atoms with Gasteiger partial charge in [0.1, 0.15) is 24.1 Å². The number of hydrogen-bond acceptors (Lipinski definition) is 5. The highest BCUT2D eigenvalue weighted by Crippen LogP contribution is 2.29. The molecular weight excluding hydrogens is 360 g/mol. The number of piperidine rings is 1. The van der Waals surface area contributed by atoms with Crippen LogP contribution in [0.25, 0.3) is 11.0 Å². The molecule has 1 aromatic carbocycles. The highest BCUT2D eigenvalue weighted by Gasteiger charge is 2.42. The number of carbonyl (C=O) groups excluding carboxylic acids is 3. The lowest BCUT2D eigenvalue weighted by Crippen LogP contribution is -2.51. The van der Waals surface area contributed by atoms with E-state index in [1.54, 1.807) is 23.9 Å². The fourth-order valence-corrected chi connectivity index (χ4v) is 3.94. The topological polar surface area (TPSA) is 91.6 Å². The second-order valence-electron chi connectivity index (χ2n) is 7.70. The zero-order chi connectivity index (χ0) is 19.8. The van der Waals surface area contributed by atoms with Gasteiger partial charge >= 0.3 is 0 Å². The smallest absolute Gasteiger partial charge is 0.246 e. The van der Waals surface area contributed by atoms with Crippen LogP contribution in [0.2, 0.25) is 0 Å². The van der Waals surface area contributed by atoms with Gasteiger partial charge in [0.2, 0.25) is 17.7 Å². The molecule has 2 aromatic rings. The fourth-order valence-electron chi connectivity index (χ4n) is 3.94. The van der Waals surface area contributed by atoms with Crippen LogP contribution in [0.3, 0.4) is 0 Å². The Morgan fingerprint density at radius 3 is 2.39 bits per heavy atom. The number of aromatic nitrogens is 3. The van der Waals surface area contributed by atoms with E-state index in [0.717, 1.165) is 23.9 Å². The van der Waals surface area contributed by atoms with Gasteiger partial charge in [0, 0.05) is 33.2 Å². The molecule has 2 atom stereocenters. The van der Waals surface area contributed by atoms with E-state index in [-0.39, 0.29) is 42.8 Å². The van der Waals surface area contributed by atoms with Crippen molar-refractivity contribution in [3.8, 4) is 0 Å². The summed E-state index contributed by atoms with van der Waals surface area (Å²) in [6.45, 7) is 0.949. The van der Waals surface area contributed by atoms with Crippen molar-refractivity contribution in [2.45, 2.75) is 25.4 Å². The number of likely N-dealkylation sites (N-methyl/N-ethyl adjacent to an activating group) is 1. The summed E-state index contributed by atoms with van der Waals surface area (Å²) in [7, 11) is 3.36. The molecular formula is C19H24N6O3. The maximum absolute atomic E-state index is 12.9. The van der Waals surface area contributed by atoms with E-state index in [0.29, 0.717) is 13.1 Å². The molecule has 3 amide bonds. The van der Waals surface area contributed by atoms with Crippen LogP contribution < -0.4 is 0 Å². The zero-order valence-electron chi connectivity index (χ0n) is 16.1. The molecule has 5 rings (SSSR count). The zero-order valence-corrected chi connectivity index (χ0v) is 16.1. The van der Waals surface area contributed by atoms with Crippen LogP contribution in [0.5, 0.6) is 0 Å². The molecule has 3 aliphatic heterocycles. The molecule has 3 fully saturated rings. The average molecular weight is 384 g/mol. The lowest BCUT2D eigenvalue weighted by Gasteiger charge is -2.35. The Morgan fingerprint density at radius 2 is 1.75 bits per heavy atom. The number of nitrogens with zero attached hydrogens (tertiary/aromatic N) is 6. The Hall–Kier alpha value is -2.97. The summed E-state index contributed by atoms with van der Waals surface area (Å²) in [5, 5.41) is 8.69. The number of rotatable bonds is 4. The van der Waals surface area contributed by atoms with Gasteiger partial charge in [-0.3, -0.25) is 14.4 Å². The molecule has 0 spiro atoms. The van der Waals surface area contributed by atoms with Gasteiger partial charge in [-0.15, -0.1) is 0 Å². The first-order valence-electron chi connectivity index (χ1n) is 9.50. The van der Waals surface area contributed by atoms with Crippen molar-refractivity contribution < 1.29 is 14.4 Å². The van der Waals surface area contributed by atoms with Crippen molar-refractivity contribution in [1.29, 1.82) is 0 Å². The van der Waals surface area contributed by atoms with E-state index in [1.165, 1.54) is 9.70 Å². The lowest BCUT2D eigenvalue weighted by atomic mass is 9.94. The van der Waals surface area contributed by atoms with Crippen LogP contribution in [0.1, 0.15) is 12.8 Å². The molecule has 0 aliphatic carbocycles. The summed E-state index contributed by atoms with van der Waals surface area (Å²) in [6.07, 6.45) is 1.56. The molecule has 0 unspecified atom stereocenters. The Morgan fingerprint density at radius 1 is 1.07 bits per heavy atom. The minimum atomic E-state index is -0.248. The van der Waals surface area contributed by atoms with E-state index in [9.17, 15) is 14.4 Å². The van der Waals surface area contributed by atoms with Crippen LogP contribution >= 0.6 is 0 Å². The number of benzene rings is 1. The first-order valence-corrected chi connectivity index (χ1v) is 9.50. The third-order valence-electron chi connectivity index (χ3n) is 5.56. The Bertz CT molecular complexity index is 890. The van der Waals surface area contributed by atoms with Gasteiger partial charge in [-0.25, -0.2) is 0 Å². The predicted octanol–water partition coefficient (Wildman–Crippen LogP) is -0.0311. The van der Waals surface area contributed by atoms with Crippen molar-refractivity contribution >= 4 is 28.8 Å². The van der Waals surface area contributed by atoms with Crippen molar-refractivity contribution in [2.24, 2.45) is 5.92 Å². The van der Waals surface area contributed by atoms with Gasteiger partial charge in [0.25, 0.3) is 0 Å². The molecule has 3 aliphatic rings. The standard InChI is InChI=1S/C19H24N6O3/c1-22(2)17(26)11-24-14-8-7-13(19(24)28)9-23(10-14)18(27)12-25-20-15-5-3-4-6-16(15)21-25/h3-6,13-14H,7-12H2,1-2H3/t13-,14+/m0/s1. The summed E-state index contributed by atoms with van der Waals surface area (Å²) in [6, 6.07) is 7.35. The number of hydrogen-bond donors (Lipinski definition) is 0. The number of carbonyl (C=O) groups is 3. The van der Waals surface area contributed by atoms with E-state index < -0.39 is 0 Å². The number of amides is 3. The Balaban J connectivity index is 1.48. The maximum Gasteiger partial charge on any atom is 0.246 e. The molecule has 0 N–H and O–H groups in total. The summed E-state index contributed by atoms with van der Waals surface area (Å²) in [5.74, 6) is -0.482. The SMILES string of the molecule is CN(C)C(=O)CN1C(=O)[C@H]2CC[C@@H]1CN(C(=O)Cn1nc3ccccc3n1)C2. The molecule has 2 bridgehead atoms. The Kier molecular flexibility index (Phi) is 4.74. The summed E-state index contributed by atoms with van der Waals surface area (Å²) in [5.41, 5.74) is 1.49. The normalized spacial score (nSPS) is 21.9.